The van der Waals surface area contributed by atoms with E-state index < -0.39 is 0 Å². The zero-order valence-electron chi connectivity index (χ0n) is 30.1. The van der Waals surface area contributed by atoms with Crippen LogP contribution in [-0.2, 0) is 0 Å². The third-order valence-corrected chi connectivity index (χ3v) is 12.4. The smallest absolute Gasteiger partial charge is 0.143 e. The lowest BCUT2D eigenvalue weighted by Crippen LogP contribution is -2.10. The Bertz CT molecular complexity index is 3480. The quantitative estimate of drug-likeness (QED) is 0.176. The Labute approximate surface area is 325 Å². The normalized spacial score (nSPS) is 11.9. The first kappa shape index (κ1) is 31.2. The van der Waals surface area contributed by atoms with Crippen LogP contribution in [0.5, 0.6) is 0 Å². The first-order chi connectivity index (χ1) is 27.7. The summed E-state index contributed by atoms with van der Waals surface area (Å²) in [5.41, 5.74) is 11.4. The molecule has 0 radical (unpaired) electrons. The average Bonchev–Trinajstić information content (AvgIpc) is 3.96. The van der Waals surface area contributed by atoms with Crippen molar-refractivity contribution in [2.24, 2.45) is 0 Å². The second-order valence-corrected chi connectivity index (χ2v) is 15.5. The van der Waals surface area contributed by atoms with Gasteiger partial charge in [0.25, 0.3) is 0 Å². The van der Waals surface area contributed by atoms with Crippen LogP contribution >= 0.6 is 11.3 Å². The first-order valence-electron chi connectivity index (χ1n) is 18.9. The number of benzene rings is 9. The standard InChI is InChI=1S/C52H31NO2S/c1-2-10-38-33(9-1)23-30-43-42-14-7-13-39(51(42)55-52(38)43)34-21-27-37(28-22-34)53(45-15-8-18-49-50(45)44-12-4-6-17-48(44)56-49)36-25-19-32(20-26-36)35-24-29-41-40-11-3-5-16-46(40)54-47(41)31-35/h1-31H. The molecule has 0 fully saturated rings. The highest BCUT2D eigenvalue weighted by Gasteiger charge is 2.20. The molecule has 0 aliphatic carbocycles. The summed E-state index contributed by atoms with van der Waals surface area (Å²) in [6.07, 6.45) is 0. The van der Waals surface area contributed by atoms with Gasteiger partial charge in [0.1, 0.15) is 22.3 Å². The van der Waals surface area contributed by atoms with E-state index in [0.717, 1.165) is 88.6 Å². The van der Waals surface area contributed by atoms with Gasteiger partial charge in [0.05, 0.1) is 5.69 Å². The van der Waals surface area contributed by atoms with Crippen LogP contribution in [0, 0.1) is 0 Å². The summed E-state index contributed by atoms with van der Waals surface area (Å²) in [4.78, 5) is 2.39. The van der Waals surface area contributed by atoms with Crippen molar-refractivity contribution in [1.82, 2.24) is 0 Å². The Hall–Kier alpha value is -7.14. The number of para-hydroxylation sites is 2. The van der Waals surface area contributed by atoms with Gasteiger partial charge < -0.3 is 13.7 Å². The third kappa shape index (κ3) is 4.76. The van der Waals surface area contributed by atoms with Crippen LogP contribution in [0.25, 0.3) is 97.1 Å². The number of furan rings is 2. The van der Waals surface area contributed by atoms with E-state index in [1.165, 1.54) is 25.6 Å². The topological polar surface area (TPSA) is 29.5 Å². The van der Waals surface area contributed by atoms with Crippen LogP contribution in [0.3, 0.4) is 0 Å². The van der Waals surface area contributed by atoms with Crippen molar-refractivity contribution < 1.29 is 8.83 Å². The summed E-state index contributed by atoms with van der Waals surface area (Å²) < 4.78 is 15.5. The number of thiophene rings is 1. The molecule has 0 aliphatic rings. The van der Waals surface area contributed by atoms with Gasteiger partial charge in [-0.3, -0.25) is 0 Å². The van der Waals surface area contributed by atoms with Crippen LogP contribution in [0.1, 0.15) is 0 Å². The number of rotatable bonds is 5. The van der Waals surface area contributed by atoms with Gasteiger partial charge >= 0.3 is 0 Å². The summed E-state index contributed by atoms with van der Waals surface area (Å²) in [5, 5.41) is 9.39. The SMILES string of the molecule is c1ccc2c(c1)ccc1c3cccc(-c4ccc(N(c5ccc(-c6ccc7c(c6)oc6ccccc67)cc5)c5cccc6sc7ccccc7c56)cc4)c3oc21. The molecule has 0 saturated carbocycles. The van der Waals surface area contributed by atoms with Gasteiger partial charge in [0, 0.05) is 64.0 Å². The lowest BCUT2D eigenvalue weighted by molar-refractivity contribution is 0.669. The Balaban J connectivity index is 0.988. The maximum atomic E-state index is 6.72. The number of nitrogens with zero attached hydrogens (tertiary/aromatic N) is 1. The van der Waals surface area contributed by atoms with Crippen molar-refractivity contribution in [1.29, 1.82) is 0 Å². The van der Waals surface area contributed by atoms with Gasteiger partial charge in [-0.15, -0.1) is 11.3 Å². The second-order valence-electron chi connectivity index (χ2n) is 14.4. The van der Waals surface area contributed by atoms with E-state index >= 15 is 0 Å². The molecular formula is C52H31NO2S. The van der Waals surface area contributed by atoms with E-state index in [9.17, 15) is 0 Å². The largest absolute Gasteiger partial charge is 0.456 e. The fraction of sp³-hybridized carbons (Fsp3) is 0. The monoisotopic (exact) mass is 733 g/mol. The van der Waals surface area contributed by atoms with E-state index in [0.29, 0.717) is 0 Å². The maximum Gasteiger partial charge on any atom is 0.143 e. The van der Waals surface area contributed by atoms with Crippen molar-refractivity contribution in [3.8, 4) is 22.3 Å². The fourth-order valence-electron chi connectivity index (χ4n) is 8.62. The predicted molar refractivity (Wildman–Crippen MR) is 237 cm³/mol. The Morgan fingerprint density at radius 1 is 0.375 bits per heavy atom. The molecule has 0 bridgehead atoms. The second kappa shape index (κ2) is 12.2. The Morgan fingerprint density at radius 3 is 1.86 bits per heavy atom. The highest BCUT2D eigenvalue weighted by Crippen LogP contribution is 2.46. The summed E-state index contributed by atoms with van der Waals surface area (Å²) >= 11 is 1.84. The van der Waals surface area contributed by atoms with E-state index in [-0.39, 0.29) is 0 Å². The minimum Gasteiger partial charge on any atom is -0.456 e. The molecule has 262 valence electrons. The summed E-state index contributed by atoms with van der Waals surface area (Å²) in [5.74, 6) is 0. The van der Waals surface area contributed by atoms with E-state index in [2.05, 4.69) is 181 Å². The molecule has 0 saturated heterocycles. The van der Waals surface area contributed by atoms with Crippen molar-refractivity contribution in [3.05, 3.63) is 188 Å². The minimum atomic E-state index is 0.900. The number of hydrogen-bond donors (Lipinski definition) is 0. The van der Waals surface area contributed by atoms with Gasteiger partial charge in [-0.25, -0.2) is 0 Å². The first-order valence-corrected chi connectivity index (χ1v) is 19.7. The van der Waals surface area contributed by atoms with Gasteiger partial charge in [-0.1, -0.05) is 121 Å². The van der Waals surface area contributed by atoms with Gasteiger partial charge in [0.2, 0.25) is 0 Å². The van der Waals surface area contributed by atoms with Crippen LogP contribution < -0.4 is 4.90 Å². The number of hydrogen-bond acceptors (Lipinski definition) is 4. The van der Waals surface area contributed by atoms with Crippen molar-refractivity contribution in [3.63, 3.8) is 0 Å². The van der Waals surface area contributed by atoms with Crippen LogP contribution in [0.4, 0.5) is 17.1 Å². The predicted octanol–water partition coefficient (Wildman–Crippen LogP) is 15.8. The Kier molecular flexibility index (Phi) is 6.80. The molecule has 4 heteroatoms. The Morgan fingerprint density at radius 2 is 1.00 bits per heavy atom. The van der Waals surface area contributed by atoms with Gasteiger partial charge in [0.15, 0.2) is 0 Å². The molecule has 0 unspecified atom stereocenters. The van der Waals surface area contributed by atoms with Crippen molar-refractivity contribution >= 4 is 103 Å². The molecular weight excluding hydrogens is 703 g/mol. The minimum absolute atomic E-state index is 0.900. The summed E-state index contributed by atoms with van der Waals surface area (Å²) in [6, 6.07) is 67.3. The lowest BCUT2D eigenvalue weighted by atomic mass is 10.0. The van der Waals surface area contributed by atoms with Gasteiger partial charge in [-0.05, 0) is 88.8 Å². The molecule has 3 aromatic heterocycles. The van der Waals surface area contributed by atoms with Crippen molar-refractivity contribution in [2.75, 3.05) is 4.90 Å². The molecule has 9 aromatic carbocycles. The molecule has 0 aliphatic heterocycles. The van der Waals surface area contributed by atoms with E-state index in [4.69, 9.17) is 8.83 Å². The van der Waals surface area contributed by atoms with Crippen molar-refractivity contribution in [2.45, 2.75) is 0 Å². The zero-order valence-corrected chi connectivity index (χ0v) is 30.9. The van der Waals surface area contributed by atoms with Crippen LogP contribution in [-0.4, -0.2) is 0 Å². The highest BCUT2D eigenvalue weighted by atomic mass is 32.1. The number of fused-ring (bicyclic) bond motifs is 11. The molecule has 3 heterocycles. The zero-order chi connectivity index (χ0) is 36.7. The molecule has 12 rings (SSSR count). The van der Waals surface area contributed by atoms with E-state index in [1.807, 2.05) is 23.5 Å². The molecule has 0 amide bonds. The molecule has 3 nitrogen and oxygen atoms in total. The fourth-order valence-corrected chi connectivity index (χ4v) is 9.75. The third-order valence-electron chi connectivity index (χ3n) is 11.3. The van der Waals surface area contributed by atoms with Gasteiger partial charge in [-0.2, -0.15) is 0 Å². The lowest BCUT2D eigenvalue weighted by Gasteiger charge is -2.27. The highest BCUT2D eigenvalue weighted by molar-refractivity contribution is 7.26. The molecule has 12 aromatic rings. The average molecular weight is 734 g/mol. The molecule has 0 N–H and O–H groups in total. The maximum absolute atomic E-state index is 6.72. The molecule has 0 atom stereocenters. The van der Waals surface area contributed by atoms with Crippen LogP contribution in [0.2, 0.25) is 0 Å². The summed E-state index contributed by atoms with van der Waals surface area (Å²) in [7, 11) is 0. The molecule has 56 heavy (non-hydrogen) atoms. The summed E-state index contributed by atoms with van der Waals surface area (Å²) in [6.45, 7) is 0. The number of anilines is 3. The van der Waals surface area contributed by atoms with Crippen LogP contribution in [0.15, 0.2) is 197 Å². The molecule has 0 spiro atoms. The van der Waals surface area contributed by atoms with E-state index in [1.54, 1.807) is 0 Å².